The minimum atomic E-state index is -0.301. The van der Waals surface area contributed by atoms with Crippen LogP contribution in [0.3, 0.4) is 0 Å². The van der Waals surface area contributed by atoms with Crippen LogP contribution in [0.2, 0.25) is 0 Å². The second-order valence-electron chi connectivity index (χ2n) is 5.56. The maximum atomic E-state index is 13.1. The van der Waals surface area contributed by atoms with E-state index in [1.165, 1.54) is 28.0 Å². The van der Waals surface area contributed by atoms with Crippen LogP contribution in [0, 0.1) is 0 Å². The van der Waals surface area contributed by atoms with Gasteiger partial charge >= 0.3 is 0 Å². The summed E-state index contributed by atoms with van der Waals surface area (Å²) in [5.74, 6) is 1.24. The molecule has 0 atom stereocenters. The third-order valence-electron chi connectivity index (χ3n) is 3.88. The lowest BCUT2D eigenvalue weighted by Gasteiger charge is -2.18. The van der Waals surface area contributed by atoms with E-state index in [0.29, 0.717) is 46.6 Å². The summed E-state index contributed by atoms with van der Waals surface area (Å²) < 4.78 is 11.2. The number of thioether (sulfide) groups is 1. The first-order valence-electron chi connectivity index (χ1n) is 8.81. The predicted octanol–water partition coefficient (Wildman–Crippen LogP) is 4.58. The van der Waals surface area contributed by atoms with Gasteiger partial charge < -0.3 is 9.47 Å². The minimum absolute atomic E-state index is 0.290. The summed E-state index contributed by atoms with van der Waals surface area (Å²) in [4.78, 5) is 28.7. The highest BCUT2D eigenvalue weighted by Gasteiger charge is 2.40. The van der Waals surface area contributed by atoms with Crippen molar-refractivity contribution in [3.05, 3.63) is 45.5 Å². The molecule has 1 aromatic carbocycles. The molecule has 7 heteroatoms. The Morgan fingerprint density at radius 1 is 1.00 bits per heavy atom. The lowest BCUT2D eigenvalue weighted by atomic mass is 10.2. The molecule has 142 valence electrons. The molecule has 0 radical (unpaired) electrons. The van der Waals surface area contributed by atoms with Gasteiger partial charge in [0.1, 0.15) is 0 Å². The highest BCUT2D eigenvalue weighted by Crippen LogP contribution is 2.41. The molecule has 5 nitrogen and oxygen atoms in total. The van der Waals surface area contributed by atoms with Crippen LogP contribution < -0.4 is 14.4 Å². The van der Waals surface area contributed by atoms with E-state index in [1.807, 2.05) is 38.3 Å². The lowest BCUT2D eigenvalue weighted by molar-refractivity contribution is -0.119. The van der Waals surface area contributed by atoms with Gasteiger partial charge in [0.15, 0.2) is 11.5 Å². The third-order valence-corrected chi connectivity index (χ3v) is 5.73. The molecule has 0 aliphatic carbocycles. The van der Waals surface area contributed by atoms with Gasteiger partial charge in [-0.1, -0.05) is 13.0 Å². The Kier molecular flexibility index (Phi) is 6.23. The maximum absolute atomic E-state index is 13.1. The van der Waals surface area contributed by atoms with E-state index in [1.54, 1.807) is 18.2 Å². The van der Waals surface area contributed by atoms with Crippen molar-refractivity contribution in [2.75, 3.05) is 23.9 Å². The van der Waals surface area contributed by atoms with Crippen LogP contribution in [0.25, 0.3) is 5.57 Å². The first kappa shape index (κ1) is 19.5. The SMILES string of the molecule is CCOc1ccc(N2C(=O)C(SCC)=C(c3cccs3)C2=O)cc1OCC. The Morgan fingerprint density at radius 2 is 1.74 bits per heavy atom. The number of carbonyl (C=O) groups excluding carboxylic acids is 2. The third kappa shape index (κ3) is 3.75. The van der Waals surface area contributed by atoms with E-state index in [-0.39, 0.29) is 11.8 Å². The average Bonchev–Trinajstić information content (AvgIpc) is 3.25. The fourth-order valence-corrected chi connectivity index (χ4v) is 4.52. The smallest absolute Gasteiger partial charge is 0.272 e. The Labute approximate surface area is 167 Å². The van der Waals surface area contributed by atoms with Gasteiger partial charge in [-0.05, 0) is 43.2 Å². The van der Waals surface area contributed by atoms with Gasteiger partial charge in [-0.15, -0.1) is 23.1 Å². The number of amides is 2. The lowest BCUT2D eigenvalue weighted by Crippen LogP contribution is -2.31. The number of thiophene rings is 1. The molecule has 2 amide bonds. The van der Waals surface area contributed by atoms with Crippen LogP contribution in [0.15, 0.2) is 40.6 Å². The summed E-state index contributed by atoms with van der Waals surface area (Å²) in [7, 11) is 0. The van der Waals surface area contributed by atoms with Crippen molar-refractivity contribution < 1.29 is 19.1 Å². The van der Waals surface area contributed by atoms with E-state index < -0.39 is 0 Å². The van der Waals surface area contributed by atoms with Gasteiger partial charge in [-0.25, -0.2) is 4.90 Å². The summed E-state index contributed by atoms with van der Waals surface area (Å²) in [5, 5.41) is 1.90. The molecule has 3 rings (SSSR count). The van der Waals surface area contributed by atoms with Gasteiger partial charge in [0.25, 0.3) is 11.8 Å². The number of rotatable bonds is 8. The molecule has 0 saturated heterocycles. The average molecular weight is 404 g/mol. The molecular formula is C20H21NO4S2. The quantitative estimate of drug-likeness (QED) is 0.604. The highest BCUT2D eigenvalue weighted by molar-refractivity contribution is 8.04. The Hall–Kier alpha value is -2.25. The zero-order valence-electron chi connectivity index (χ0n) is 15.5. The molecule has 1 aliphatic heterocycles. The van der Waals surface area contributed by atoms with E-state index in [9.17, 15) is 9.59 Å². The van der Waals surface area contributed by atoms with Crippen LogP contribution in [0.4, 0.5) is 5.69 Å². The number of hydrogen-bond donors (Lipinski definition) is 0. The number of anilines is 1. The van der Waals surface area contributed by atoms with Crippen LogP contribution in [0.5, 0.6) is 11.5 Å². The summed E-state index contributed by atoms with van der Waals surface area (Å²) in [6, 6.07) is 8.89. The summed E-state index contributed by atoms with van der Waals surface area (Å²) in [6.45, 7) is 6.70. The van der Waals surface area contributed by atoms with Crippen LogP contribution in [-0.2, 0) is 9.59 Å². The number of nitrogens with zero attached hydrogens (tertiary/aromatic N) is 1. The summed E-state index contributed by atoms with van der Waals surface area (Å²) in [6.07, 6.45) is 0. The molecule has 0 saturated carbocycles. The molecule has 2 aromatic rings. The van der Waals surface area contributed by atoms with Crippen LogP contribution in [-0.4, -0.2) is 30.8 Å². The molecule has 1 aromatic heterocycles. The van der Waals surface area contributed by atoms with E-state index in [2.05, 4.69) is 0 Å². The molecular weight excluding hydrogens is 382 g/mol. The topological polar surface area (TPSA) is 55.8 Å². The van der Waals surface area contributed by atoms with Crippen LogP contribution >= 0.6 is 23.1 Å². The molecule has 1 aliphatic rings. The zero-order valence-corrected chi connectivity index (χ0v) is 17.1. The number of ether oxygens (including phenoxy) is 2. The fraction of sp³-hybridized carbons (Fsp3) is 0.300. The van der Waals surface area contributed by atoms with Crippen LogP contribution in [0.1, 0.15) is 25.6 Å². The van der Waals surface area contributed by atoms with Crippen molar-refractivity contribution >= 4 is 46.2 Å². The standard InChI is InChI=1S/C20H21NO4S2/c1-4-24-14-10-9-13(12-15(14)25-5-2)21-19(22)17(16-8-7-11-27-16)18(20(21)23)26-6-3/h7-12H,4-6H2,1-3H3. The first-order valence-corrected chi connectivity index (χ1v) is 10.7. The molecule has 0 N–H and O–H groups in total. The highest BCUT2D eigenvalue weighted by atomic mass is 32.2. The molecule has 0 spiro atoms. The van der Waals surface area contributed by atoms with Gasteiger partial charge in [0.05, 0.1) is 29.4 Å². The first-order chi connectivity index (χ1) is 13.1. The van der Waals surface area contributed by atoms with Crippen molar-refractivity contribution in [2.45, 2.75) is 20.8 Å². The van der Waals surface area contributed by atoms with E-state index in [4.69, 9.17) is 9.47 Å². The maximum Gasteiger partial charge on any atom is 0.272 e. The molecule has 0 fully saturated rings. The minimum Gasteiger partial charge on any atom is -0.490 e. The Bertz CT molecular complexity index is 874. The van der Waals surface area contributed by atoms with Gasteiger partial charge in [0.2, 0.25) is 0 Å². The summed E-state index contributed by atoms with van der Waals surface area (Å²) >= 11 is 2.86. The van der Waals surface area contributed by atoms with Crippen molar-refractivity contribution in [1.29, 1.82) is 0 Å². The number of benzene rings is 1. The van der Waals surface area contributed by atoms with Crippen molar-refractivity contribution in [2.24, 2.45) is 0 Å². The number of hydrogen-bond acceptors (Lipinski definition) is 6. The molecule has 2 heterocycles. The van der Waals surface area contributed by atoms with Gasteiger partial charge in [-0.2, -0.15) is 0 Å². The van der Waals surface area contributed by atoms with Gasteiger partial charge in [-0.3, -0.25) is 9.59 Å². The predicted molar refractivity (Wildman–Crippen MR) is 111 cm³/mol. The van der Waals surface area contributed by atoms with Crippen molar-refractivity contribution in [3.8, 4) is 11.5 Å². The zero-order chi connectivity index (χ0) is 19.4. The monoisotopic (exact) mass is 403 g/mol. The number of imide groups is 1. The van der Waals surface area contributed by atoms with Gasteiger partial charge in [0, 0.05) is 10.9 Å². The van der Waals surface area contributed by atoms with E-state index in [0.717, 1.165) is 4.88 Å². The van der Waals surface area contributed by atoms with E-state index >= 15 is 0 Å². The molecule has 0 bridgehead atoms. The second kappa shape index (κ2) is 8.63. The fourth-order valence-electron chi connectivity index (χ4n) is 2.84. The molecule has 0 unspecified atom stereocenters. The number of carbonyl (C=O) groups is 2. The van der Waals surface area contributed by atoms with Crippen molar-refractivity contribution in [3.63, 3.8) is 0 Å². The Balaban J connectivity index is 2.02. The largest absolute Gasteiger partial charge is 0.490 e. The normalized spacial score (nSPS) is 14.3. The van der Waals surface area contributed by atoms with Crippen molar-refractivity contribution in [1.82, 2.24) is 0 Å². The summed E-state index contributed by atoms with van der Waals surface area (Å²) in [5.41, 5.74) is 0.964. The Morgan fingerprint density at radius 3 is 2.37 bits per heavy atom. The molecule has 27 heavy (non-hydrogen) atoms. The second-order valence-corrected chi connectivity index (χ2v) is 7.78.